The highest BCUT2D eigenvalue weighted by Crippen LogP contribution is 2.11. The number of amides is 7. The number of nitrogens with one attached hydrogen (secondary N) is 5. The van der Waals surface area contributed by atoms with E-state index in [1.165, 1.54) is 24.0 Å². The van der Waals surface area contributed by atoms with E-state index in [0.29, 0.717) is 148 Å². The molecule has 1 aromatic carbocycles. The van der Waals surface area contributed by atoms with E-state index in [1.807, 2.05) is 0 Å². The largest absolute Gasteiger partial charge is 0.392 e. The summed E-state index contributed by atoms with van der Waals surface area (Å²) in [6, 6.07) is 4.76. The zero-order chi connectivity index (χ0) is 55.0. The van der Waals surface area contributed by atoms with Gasteiger partial charge in [0.25, 0.3) is 11.8 Å². The molecule has 0 saturated heterocycles. The van der Waals surface area contributed by atoms with Crippen molar-refractivity contribution in [3.63, 3.8) is 0 Å². The summed E-state index contributed by atoms with van der Waals surface area (Å²) in [5, 5.41) is 30.7. The second-order valence-electron chi connectivity index (χ2n) is 17.3. The number of ether oxygens (including phenoxy) is 9. The molecule has 6 N–H and O–H groups in total. The topological polar surface area (TPSA) is 317 Å². The van der Waals surface area contributed by atoms with E-state index < -0.39 is 42.3 Å². The number of anilines is 1. The zero-order valence-corrected chi connectivity index (χ0v) is 44.1. The number of rotatable bonds is 46. The van der Waals surface area contributed by atoms with Crippen LogP contribution in [0.5, 0.6) is 0 Å². The standard InChI is InChI=1S/C50H79N9O17/c1-38(2)48(50(67)53-39(3)49(66)54-41-10-8-40(35-60)9-11-41)55-45(63)37-76-36-44(62)51-14-17-68-19-21-70-23-25-72-27-29-74-31-32-75-30-28-73-26-24-71-22-20-69-18-16-58-34-42(56-57-58)33-52-43(61)7-5-4-6-15-59-46(64)12-13-47(59)65/h8-13,34,38-39,48,60H,4-7,14-33,35-37H2,1-3H3,(H,51,62)(H,52,61)(H,53,67)(H,54,66)(H,55,63)/t39-,48-/m1/s1. The molecule has 426 valence electrons. The molecule has 0 aliphatic carbocycles. The van der Waals surface area contributed by atoms with Crippen LogP contribution >= 0.6 is 0 Å². The Morgan fingerprint density at radius 2 is 1.11 bits per heavy atom. The Hall–Kier alpha value is -5.81. The van der Waals surface area contributed by atoms with Crippen molar-refractivity contribution >= 4 is 47.0 Å². The van der Waals surface area contributed by atoms with Gasteiger partial charge in [-0.1, -0.05) is 37.6 Å². The number of hydrogen-bond donors (Lipinski definition) is 6. The van der Waals surface area contributed by atoms with Crippen molar-refractivity contribution in [3.05, 3.63) is 53.9 Å². The molecule has 26 heteroatoms. The number of hydrogen-bond acceptors (Lipinski definition) is 19. The maximum atomic E-state index is 12.9. The molecule has 26 nitrogen and oxygen atoms in total. The molecule has 1 aromatic heterocycles. The fraction of sp³-hybridized carbons (Fsp3) is 0.660. The highest BCUT2D eigenvalue weighted by Gasteiger charge is 2.27. The van der Waals surface area contributed by atoms with Gasteiger partial charge in [0.15, 0.2) is 0 Å². The monoisotopic (exact) mass is 1080 g/mol. The highest BCUT2D eigenvalue weighted by molar-refractivity contribution is 6.12. The third kappa shape index (κ3) is 30.1. The highest BCUT2D eigenvalue weighted by atomic mass is 16.6. The third-order valence-electron chi connectivity index (χ3n) is 10.8. The van der Waals surface area contributed by atoms with Gasteiger partial charge in [-0.2, -0.15) is 0 Å². The van der Waals surface area contributed by atoms with Crippen LogP contribution in [0.3, 0.4) is 0 Å². The van der Waals surface area contributed by atoms with Gasteiger partial charge in [-0.25, -0.2) is 4.68 Å². The van der Waals surface area contributed by atoms with Crippen molar-refractivity contribution in [1.29, 1.82) is 0 Å². The van der Waals surface area contributed by atoms with Crippen LogP contribution in [0.2, 0.25) is 0 Å². The predicted octanol–water partition coefficient (Wildman–Crippen LogP) is -0.578. The van der Waals surface area contributed by atoms with Crippen molar-refractivity contribution in [2.24, 2.45) is 5.92 Å². The average Bonchev–Trinajstić information content (AvgIpc) is 4.00. The van der Waals surface area contributed by atoms with E-state index in [0.717, 1.165) is 6.42 Å². The van der Waals surface area contributed by atoms with E-state index in [-0.39, 0.29) is 56.5 Å². The number of carbonyl (C=O) groups is 7. The summed E-state index contributed by atoms with van der Waals surface area (Å²) >= 11 is 0. The Kier molecular flexibility index (Phi) is 34.3. The summed E-state index contributed by atoms with van der Waals surface area (Å²) in [7, 11) is 0. The first kappa shape index (κ1) is 64.5. The number of aliphatic hydroxyl groups excluding tert-OH is 1. The Morgan fingerprint density at radius 3 is 1.64 bits per heavy atom. The Morgan fingerprint density at radius 1 is 0.579 bits per heavy atom. The van der Waals surface area contributed by atoms with Crippen molar-refractivity contribution in [1.82, 2.24) is 41.2 Å². The minimum atomic E-state index is -0.946. The maximum absolute atomic E-state index is 12.9. The van der Waals surface area contributed by atoms with Gasteiger partial charge in [-0.3, -0.25) is 38.5 Å². The first-order valence-electron chi connectivity index (χ1n) is 25.6. The second kappa shape index (κ2) is 40.4. The number of aliphatic hydroxyl groups is 1. The minimum absolute atomic E-state index is 0.0994. The first-order valence-corrected chi connectivity index (χ1v) is 25.6. The van der Waals surface area contributed by atoms with E-state index in [1.54, 1.807) is 49.0 Å². The minimum Gasteiger partial charge on any atom is -0.392 e. The fourth-order valence-corrected chi connectivity index (χ4v) is 6.60. The molecule has 3 rings (SSSR count). The van der Waals surface area contributed by atoms with Gasteiger partial charge in [-0.05, 0) is 43.4 Å². The van der Waals surface area contributed by atoms with Crippen LogP contribution in [-0.4, -0.2) is 210 Å². The van der Waals surface area contributed by atoms with Crippen molar-refractivity contribution < 1.29 is 81.3 Å². The SMILES string of the molecule is CC(C)[C@@H](NC(=O)COCC(=O)NCCOCCOCCOCCOCCOCCOCCOCCOCCn1cc(CNC(=O)CCCCCN2C(=O)C=CC2=O)nn1)C(=O)N[C@H](C)C(=O)Nc1ccc(CO)cc1. The van der Waals surface area contributed by atoms with Crippen LogP contribution in [-0.2, 0) is 95.9 Å². The van der Waals surface area contributed by atoms with E-state index in [9.17, 15) is 38.7 Å². The molecule has 2 atom stereocenters. The molecule has 2 aromatic rings. The second-order valence-corrected chi connectivity index (χ2v) is 17.3. The number of imide groups is 1. The molecule has 0 unspecified atom stereocenters. The maximum Gasteiger partial charge on any atom is 0.253 e. The van der Waals surface area contributed by atoms with Gasteiger partial charge in [0.2, 0.25) is 29.5 Å². The van der Waals surface area contributed by atoms with Crippen molar-refractivity contribution in [2.75, 3.05) is 137 Å². The van der Waals surface area contributed by atoms with Crippen molar-refractivity contribution in [2.45, 2.75) is 78.2 Å². The van der Waals surface area contributed by atoms with Crippen molar-refractivity contribution in [3.8, 4) is 0 Å². The lowest BCUT2D eigenvalue weighted by molar-refractivity contribution is -0.137. The lowest BCUT2D eigenvalue weighted by Crippen LogP contribution is -2.54. The number of benzene rings is 1. The Labute approximate surface area is 443 Å². The van der Waals surface area contributed by atoms with Crippen LogP contribution in [0.4, 0.5) is 5.69 Å². The summed E-state index contributed by atoms with van der Waals surface area (Å²) in [5.41, 5.74) is 1.83. The quantitative estimate of drug-likeness (QED) is 0.0357. The van der Waals surface area contributed by atoms with E-state index in [4.69, 9.17) is 42.6 Å². The predicted molar refractivity (Wildman–Crippen MR) is 272 cm³/mol. The van der Waals surface area contributed by atoms with Gasteiger partial charge >= 0.3 is 0 Å². The molecular formula is C50H79N9O17. The Balaban J connectivity index is 0.990. The lowest BCUT2D eigenvalue weighted by Gasteiger charge is -2.23. The molecule has 0 spiro atoms. The number of carbonyl (C=O) groups excluding carboxylic acids is 7. The number of unbranched alkanes of at least 4 members (excludes halogenated alkanes) is 2. The van der Waals surface area contributed by atoms with Crippen LogP contribution < -0.4 is 26.6 Å². The third-order valence-corrected chi connectivity index (χ3v) is 10.8. The normalized spacial score (nSPS) is 13.0. The molecule has 0 saturated carbocycles. The molecule has 76 heavy (non-hydrogen) atoms. The summed E-state index contributed by atoms with van der Waals surface area (Å²) in [4.78, 5) is 86.6. The zero-order valence-electron chi connectivity index (χ0n) is 44.1. The summed E-state index contributed by atoms with van der Waals surface area (Å²) in [6.45, 7) is 11.8. The molecule has 1 aliphatic heterocycles. The van der Waals surface area contributed by atoms with Gasteiger partial charge < -0.3 is 74.3 Å². The van der Waals surface area contributed by atoms with E-state index in [2.05, 4.69) is 36.9 Å². The number of nitrogens with zero attached hydrogens (tertiary/aromatic N) is 4. The van der Waals surface area contributed by atoms with Gasteiger partial charge in [-0.15, -0.1) is 5.10 Å². The van der Waals surface area contributed by atoms with Gasteiger partial charge in [0.05, 0.1) is 132 Å². The molecular weight excluding hydrogens is 999 g/mol. The average molecular weight is 1080 g/mol. The lowest BCUT2D eigenvalue weighted by atomic mass is 10.0. The van der Waals surface area contributed by atoms with Gasteiger partial charge in [0, 0.05) is 37.3 Å². The van der Waals surface area contributed by atoms with Crippen LogP contribution in [0.1, 0.15) is 57.7 Å². The summed E-state index contributed by atoms with van der Waals surface area (Å²) < 4.78 is 50.9. The van der Waals surface area contributed by atoms with E-state index >= 15 is 0 Å². The summed E-state index contributed by atoms with van der Waals surface area (Å²) in [6.07, 6.45) is 6.67. The first-order chi connectivity index (χ1) is 36.9. The Bertz CT molecular complexity index is 2010. The molecule has 1 aliphatic rings. The van der Waals surface area contributed by atoms with Crippen LogP contribution in [0.15, 0.2) is 42.6 Å². The van der Waals surface area contributed by atoms with Crippen LogP contribution in [0, 0.1) is 5.92 Å². The molecule has 2 heterocycles. The summed E-state index contributed by atoms with van der Waals surface area (Å²) in [5.74, 6) is -3.03. The van der Waals surface area contributed by atoms with Gasteiger partial charge in [0.1, 0.15) is 31.0 Å². The molecule has 0 fully saturated rings. The molecule has 7 amide bonds. The number of aromatic nitrogens is 3. The van der Waals surface area contributed by atoms with Crippen LogP contribution in [0.25, 0.3) is 0 Å². The molecule has 0 radical (unpaired) electrons. The molecule has 0 bridgehead atoms. The fourth-order valence-electron chi connectivity index (χ4n) is 6.60. The smallest absolute Gasteiger partial charge is 0.253 e.